The average molecular weight is 235 g/mol. The van der Waals surface area contributed by atoms with Crippen molar-refractivity contribution in [3.05, 3.63) is 18.3 Å². The second-order valence-corrected chi connectivity index (χ2v) is 4.37. The molecule has 1 saturated heterocycles. The minimum absolute atomic E-state index is 0.505. The molecule has 0 unspecified atom stereocenters. The topological polar surface area (TPSA) is 65.5 Å². The van der Waals surface area contributed by atoms with Crippen molar-refractivity contribution in [1.29, 1.82) is 0 Å². The Labute approximate surface area is 100 Å². The third kappa shape index (κ3) is 2.87. The third-order valence-corrected chi connectivity index (χ3v) is 3.10. The Morgan fingerprint density at radius 3 is 2.94 bits per heavy atom. The summed E-state index contributed by atoms with van der Waals surface area (Å²) in [6, 6.07) is 4.12. The highest BCUT2D eigenvalue weighted by atomic mass is 16.4. The Kier molecular flexibility index (Phi) is 3.46. The summed E-state index contributed by atoms with van der Waals surface area (Å²) in [5.41, 5.74) is 0.505. The molecule has 2 heterocycles. The number of carboxylic acid groups (broad SMARTS) is 1. The summed E-state index contributed by atoms with van der Waals surface area (Å²) in [6.07, 6.45) is 4.16. The van der Waals surface area contributed by atoms with E-state index >= 15 is 0 Å². The van der Waals surface area contributed by atoms with Crippen LogP contribution in [-0.4, -0.2) is 28.8 Å². The van der Waals surface area contributed by atoms with Crippen LogP contribution in [0, 0.1) is 0 Å². The first-order valence-electron chi connectivity index (χ1n) is 5.89. The van der Waals surface area contributed by atoms with Gasteiger partial charge in [-0.15, -0.1) is 0 Å². The highest BCUT2D eigenvalue weighted by molar-refractivity contribution is 5.82. The highest BCUT2D eigenvalue weighted by Gasteiger charge is 2.19. The van der Waals surface area contributed by atoms with Gasteiger partial charge in [0.15, 0.2) is 0 Å². The minimum atomic E-state index is -1.06. The number of piperidine rings is 1. The lowest BCUT2D eigenvalue weighted by molar-refractivity contribution is 0.209. The maximum atomic E-state index is 10.5. The molecule has 1 aromatic heterocycles. The monoisotopic (exact) mass is 235 g/mol. The number of rotatable bonds is 2. The van der Waals surface area contributed by atoms with Gasteiger partial charge < -0.3 is 10.0 Å². The summed E-state index contributed by atoms with van der Waals surface area (Å²) in [5.74, 6) is 0.924. The number of carbonyl (C=O) groups is 1. The predicted octanol–water partition coefficient (Wildman–Crippen LogP) is 2.55. The van der Waals surface area contributed by atoms with Crippen molar-refractivity contribution >= 4 is 17.6 Å². The second-order valence-electron chi connectivity index (χ2n) is 4.37. The number of anilines is 2. The first-order chi connectivity index (χ1) is 8.16. The molecule has 1 aromatic rings. The summed E-state index contributed by atoms with van der Waals surface area (Å²) in [6.45, 7) is 3.23. The fraction of sp³-hybridized carbons (Fsp3) is 0.500. The molecule has 0 saturated carbocycles. The van der Waals surface area contributed by atoms with Crippen LogP contribution >= 0.6 is 0 Å². The lowest BCUT2D eigenvalue weighted by Gasteiger charge is -2.34. The fourth-order valence-corrected chi connectivity index (χ4v) is 2.19. The van der Waals surface area contributed by atoms with Crippen molar-refractivity contribution < 1.29 is 9.90 Å². The summed E-state index contributed by atoms with van der Waals surface area (Å²) >= 11 is 0. The molecule has 1 aliphatic rings. The van der Waals surface area contributed by atoms with Gasteiger partial charge in [0.2, 0.25) is 0 Å². The van der Waals surface area contributed by atoms with E-state index in [9.17, 15) is 4.79 Å². The molecular formula is C12H17N3O2. The Morgan fingerprint density at radius 2 is 2.35 bits per heavy atom. The molecule has 0 spiro atoms. The predicted molar refractivity (Wildman–Crippen MR) is 66.5 cm³/mol. The van der Waals surface area contributed by atoms with Gasteiger partial charge in [0.05, 0.1) is 11.9 Å². The van der Waals surface area contributed by atoms with Crippen LogP contribution in [0.2, 0.25) is 0 Å². The molecule has 1 amide bonds. The van der Waals surface area contributed by atoms with E-state index in [-0.39, 0.29) is 0 Å². The molecule has 0 radical (unpaired) electrons. The quantitative estimate of drug-likeness (QED) is 0.826. The number of pyridine rings is 1. The van der Waals surface area contributed by atoms with E-state index in [0.717, 1.165) is 12.4 Å². The molecule has 2 rings (SSSR count). The standard InChI is InChI=1S/C12H17N3O2/c1-9-4-2-3-7-15(9)11-6-5-10(8-13-11)14-12(16)17/h5-6,8-9,14H,2-4,7H2,1H3,(H,16,17)/t9-/m0/s1. The molecule has 5 nitrogen and oxygen atoms in total. The Balaban J connectivity index is 2.08. The van der Waals surface area contributed by atoms with E-state index in [2.05, 4.69) is 22.1 Å². The molecule has 0 bridgehead atoms. The Morgan fingerprint density at radius 1 is 1.53 bits per heavy atom. The van der Waals surface area contributed by atoms with Crippen LogP contribution in [0.3, 0.4) is 0 Å². The largest absolute Gasteiger partial charge is 0.465 e. The van der Waals surface area contributed by atoms with Gasteiger partial charge in [-0.25, -0.2) is 9.78 Å². The van der Waals surface area contributed by atoms with E-state index in [0.29, 0.717) is 11.7 Å². The van der Waals surface area contributed by atoms with E-state index in [4.69, 9.17) is 5.11 Å². The van der Waals surface area contributed by atoms with E-state index in [1.807, 2.05) is 6.07 Å². The van der Waals surface area contributed by atoms with E-state index in [1.54, 1.807) is 12.3 Å². The number of nitrogens with zero attached hydrogens (tertiary/aromatic N) is 2. The van der Waals surface area contributed by atoms with Crippen LogP contribution < -0.4 is 10.2 Å². The second kappa shape index (κ2) is 5.03. The van der Waals surface area contributed by atoms with Crippen molar-refractivity contribution in [2.24, 2.45) is 0 Å². The third-order valence-electron chi connectivity index (χ3n) is 3.10. The summed E-state index contributed by atoms with van der Waals surface area (Å²) in [7, 11) is 0. The molecule has 0 aliphatic carbocycles. The van der Waals surface area contributed by atoms with Crippen LogP contribution in [0.5, 0.6) is 0 Å². The van der Waals surface area contributed by atoms with Gasteiger partial charge in [-0.05, 0) is 38.3 Å². The van der Waals surface area contributed by atoms with Crippen LogP contribution in [0.15, 0.2) is 18.3 Å². The molecule has 1 fully saturated rings. The minimum Gasteiger partial charge on any atom is -0.465 e. The van der Waals surface area contributed by atoms with Crippen LogP contribution in [-0.2, 0) is 0 Å². The maximum absolute atomic E-state index is 10.5. The number of aromatic nitrogens is 1. The molecule has 1 atom stereocenters. The lowest BCUT2D eigenvalue weighted by Crippen LogP contribution is -2.37. The summed E-state index contributed by atoms with van der Waals surface area (Å²) in [4.78, 5) is 17.0. The molecular weight excluding hydrogens is 218 g/mol. The maximum Gasteiger partial charge on any atom is 0.409 e. The van der Waals surface area contributed by atoms with Gasteiger partial charge in [-0.1, -0.05) is 0 Å². The fourth-order valence-electron chi connectivity index (χ4n) is 2.19. The Bertz CT molecular complexity index is 391. The van der Waals surface area contributed by atoms with Gasteiger partial charge in [0, 0.05) is 12.6 Å². The first kappa shape index (κ1) is 11.7. The first-order valence-corrected chi connectivity index (χ1v) is 5.89. The summed E-state index contributed by atoms with van der Waals surface area (Å²) < 4.78 is 0. The van der Waals surface area contributed by atoms with Crippen LogP contribution in [0.1, 0.15) is 26.2 Å². The van der Waals surface area contributed by atoms with Crippen molar-refractivity contribution in [3.63, 3.8) is 0 Å². The Hall–Kier alpha value is -1.78. The number of nitrogens with one attached hydrogen (secondary N) is 1. The van der Waals surface area contributed by atoms with Gasteiger partial charge in [-0.3, -0.25) is 5.32 Å². The van der Waals surface area contributed by atoms with Gasteiger partial charge in [0.25, 0.3) is 0 Å². The zero-order chi connectivity index (χ0) is 12.3. The van der Waals surface area contributed by atoms with Gasteiger partial charge in [0.1, 0.15) is 5.82 Å². The van der Waals surface area contributed by atoms with Crippen LogP contribution in [0.4, 0.5) is 16.3 Å². The normalized spacial score (nSPS) is 20.1. The number of hydrogen-bond acceptors (Lipinski definition) is 3. The molecule has 1 aliphatic heterocycles. The van der Waals surface area contributed by atoms with Crippen molar-refractivity contribution in [3.8, 4) is 0 Å². The average Bonchev–Trinajstić information content (AvgIpc) is 2.30. The molecule has 17 heavy (non-hydrogen) atoms. The van der Waals surface area contributed by atoms with Crippen LogP contribution in [0.25, 0.3) is 0 Å². The van der Waals surface area contributed by atoms with Crippen molar-refractivity contribution in [1.82, 2.24) is 4.98 Å². The zero-order valence-electron chi connectivity index (χ0n) is 9.89. The van der Waals surface area contributed by atoms with Crippen molar-refractivity contribution in [2.75, 3.05) is 16.8 Å². The number of hydrogen-bond donors (Lipinski definition) is 2. The SMILES string of the molecule is C[C@H]1CCCCN1c1ccc(NC(=O)O)cn1. The van der Waals surface area contributed by atoms with E-state index < -0.39 is 6.09 Å². The highest BCUT2D eigenvalue weighted by Crippen LogP contribution is 2.23. The smallest absolute Gasteiger partial charge is 0.409 e. The van der Waals surface area contributed by atoms with Gasteiger partial charge >= 0.3 is 6.09 Å². The molecule has 2 N–H and O–H groups in total. The molecule has 0 aromatic carbocycles. The lowest BCUT2D eigenvalue weighted by atomic mass is 10.0. The molecule has 5 heteroatoms. The number of amides is 1. The van der Waals surface area contributed by atoms with E-state index in [1.165, 1.54) is 19.3 Å². The molecule has 92 valence electrons. The summed E-state index contributed by atoms with van der Waals surface area (Å²) in [5, 5.41) is 10.9. The van der Waals surface area contributed by atoms with Gasteiger partial charge in [-0.2, -0.15) is 0 Å². The zero-order valence-corrected chi connectivity index (χ0v) is 9.89. The van der Waals surface area contributed by atoms with Crippen molar-refractivity contribution in [2.45, 2.75) is 32.2 Å².